The molecular weight excluding hydrogens is 262 g/mol. The summed E-state index contributed by atoms with van der Waals surface area (Å²) in [5.74, 6) is 0.810. The van der Waals surface area contributed by atoms with Crippen molar-refractivity contribution in [3.05, 3.63) is 22.8 Å². The summed E-state index contributed by atoms with van der Waals surface area (Å²) in [5, 5.41) is 3.38. The molecule has 120 valence electrons. The maximum Gasteiger partial charge on any atom is 0.160 e. The van der Waals surface area contributed by atoms with E-state index in [-0.39, 0.29) is 0 Å². The summed E-state index contributed by atoms with van der Waals surface area (Å²) in [4.78, 5) is 9.61. The van der Waals surface area contributed by atoms with Crippen LogP contribution in [-0.2, 0) is 29.6 Å². The number of rotatable bonds is 9. The highest BCUT2D eigenvalue weighted by atomic mass is 16.5. The van der Waals surface area contributed by atoms with Crippen molar-refractivity contribution < 1.29 is 4.74 Å². The van der Waals surface area contributed by atoms with Crippen LogP contribution >= 0.6 is 0 Å². The monoisotopic (exact) mass is 293 g/mol. The Morgan fingerprint density at radius 3 is 2.00 bits per heavy atom. The van der Waals surface area contributed by atoms with Gasteiger partial charge >= 0.3 is 0 Å². The predicted molar refractivity (Wildman–Crippen MR) is 87.7 cm³/mol. The van der Waals surface area contributed by atoms with Crippen LogP contribution in [0.2, 0.25) is 0 Å². The molecule has 1 heterocycles. The van der Waals surface area contributed by atoms with Gasteiger partial charge in [-0.2, -0.15) is 0 Å². The zero-order chi connectivity index (χ0) is 15.9. The first-order valence-electron chi connectivity index (χ1n) is 8.23. The maximum atomic E-state index is 5.82. The Kier molecular flexibility index (Phi) is 7.26. The second-order valence-corrected chi connectivity index (χ2v) is 5.67. The van der Waals surface area contributed by atoms with Crippen molar-refractivity contribution >= 4 is 0 Å². The summed E-state index contributed by atoms with van der Waals surface area (Å²) in [6, 6.07) is 0. The number of hydrogen-bond acceptors (Lipinski definition) is 4. The van der Waals surface area contributed by atoms with E-state index in [1.807, 2.05) is 20.8 Å². The van der Waals surface area contributed by atoms with Gasteiger partial charge in [0.25, 0.3) is 0 Å². The summed E-state index contributed by atoms with van der Waals surface area (Å²) < 4.78 is 5.82. The average Bonchev–Trinajstić information content (AvgIpc) is 2.47. The molecule has 0 aliphatic carbocycles. The summed E-state index contributed by atoms with van der Waals surface area (Å²) in [6.07, 6.45) is 2.87. The van der Waals surface area contributed by atoms with Gasteiger partial charge in [-0.15, -0.1) is 0 Å². The van der Waals surface area contributed by atoms with Crippen molar-refractivity contribution in [1.29, 1.82) is 0 Å². The SMILES string of the molecule is CCNCCc1c(CC)nc(C(C)(C)OCC)nc1CC. The molecule has 0 aromatic carbocycles. The van der Waals surface area contributed by atoms with Gasteiger partial charge in [0.1, 0.15) is 5.60 Å². The molecule has 4 nitrogen and oxygen atoms in total. The number of aromatic nitrogens is 2. The zero-order valence-electron chi connectivity index (χ0n) is 14.5. The summed E-state index contributed by atoms with van der Waals surface area (Å²) in [7, 11) is 0. The lowest BCUT2D eigenvalue weighted by Gasteiger charge is -2.25. The van der Waals surface area contributed by atoms with Crippen LogP contribution in [0, 0.1) is 0 Å². The van der Waals surface area contributed by atoms with Gasteiger partial charge in [0.15, 0.2) is 5.82 Å². The number of aryl methyl sites for hydroxylation is 2. The highest BCUT2D eigenvalue weighted by Crippen LogP contribution is 2.24. The van der Waals surface area contributed by atoms with E-state index in [4.69, 9.17) is 14.7 Å². The second kappa shape index (κ2) is 8.44. The van der Waals surface area contributed by atoms with Crippen molar-refractivity contribution in [1.82, 2.24) is 15.3 Å². The molecule has 0 amide bonds. The molecular formula is C17H31N3O. The molecule has 21 heavy (non-hydrogen) atoms. The van der Waals surface area contributed by atoms with Gasteiger partial charge in [-0.3, -0.25) is 0 Å². The molecule has 0 bridgehead atoms. The molecule has 4 heteroatoms. The van der Waals surface area contributed by atoms with Gasteiger partial charge in [0.05, 0.1) is 0 Å². The standard InChI is InChI=1S/C17H31N3O/c1-7-14-13(11-12-18-9-3)15(8-2)20-16(19-14)17(5,6)21-10-4/h18H,7-12H2,1-6H3. The molecule has 1 aromatic rings. The van der Waals surface area contributed by atoms with E-state index in [2.05, 4.69) is 26.1 Å². The molecule has 0 atom stereocenters. The largest absolute Gasteiger partial charge is 0.368 e. The normalized spacial score (nSPS) is 11.9. The lowest BCUT2D eigenvalue weighted by molar-refractivity contribution is -0.0211. The van der Waals surface area contributed by atoms with E-state index in [0.717, 1.165) is 38.2 Å². The van der Waals surface area contributed by atoms with E-state index >= 15 is 0 Å². The molecule has 0 spiro atoms. The van der Waals surface area contributed by atoms with E-state index in [1.54, 1.807) is 0 Å². The van der Waals surface area contributed by atoms with Crippen molar-refractivity contribution in [2.75, 3.05) is 19.7 Å². The average molecular weight is 293 g/mol. The van der Waals surface area contributed by atoms with Crippen LogP contribution in [-0.4, -0.2) is 29.7 Å². The van der Waals surface area contributed by atoms with Crippen molar-refractivity contribution in [2.45, 2.75) is 66.4 Å². The molecule has 0 aliphatic heterocycles. The minimum Gasteiger partial charge on any atom is -0.368 e. The third-order valence-corrected chi connectivity index (χ3v) is 3.69. The lowest BCUT2D eigenvalue weighted by Crippen LogP contribution is -2.27. The summed E-state index contributed by atoms with van der Waals surface area (Å²) in [5.41, 5.74) is 3.23. The number of ether oxygens (including phenoxy) is 1. The van der Waals surface area contributed by atoms with E-state index < -0.39 is 5.60 Å². The number of nitrogens with zero attached hydrogens (tertiary/aromatic N) is 2. The fraction of sp³-hybridized carbons (Fsp3) is 0.765. The van der Waals surface area contributed by atoms with E-state index in [9.17, 15) is 0 Å². The van der Waals surface area contributed by atoms with Gasteiger partial charge in [-0.05, 0) is 58.7 Å². The zero-order valence-corrected chi connectivity index (χ0v) is 14.5. The Balaban J connectivity index is 3.16. The van der Waals surface area contributed by atoms with Crippen LogP contribution in [0.3, 0.4) is 0 Å². The van der Waals surface area contributed by atoms with Gasteiger partial charge in [0.2, 0.25) is 0 Å². The second-order valence-electron chi connectivity index (χ2n) is 5.67. The molecule has 1 rings (SSSR count). The van der Waals surface area contributed by atoms with Gasteiger partial charge in [-0.25, -0.2) is 9.97 Å². The Labute approximate surface area is 129 Å². The van der Waals surface area contributed by atoms with Crippen LogP contribution in [0.5, 0.6) is 0 Å². The minimum absolute atomic E-state index is 0.428. The Hall–Kier alpha value is -1.00. The summed E-state index contributed by atoms with van der Waals surface area (Å²) >= 11 is 0. The fourth-order valence-corrected chi connectivity index (χ4v) is 2.54. The molecule has 1 aromatic heterocycles. The van der Waals surface area contributed by atoms with Crippen LogP contribution in [0.4, 0.5) is 0 Å². The topological polar surface area (TPSA) is 47.0 Å². The van der Waals surface area contributed by atoms with Crippen LogP contribution in [0.25, 0.3) is 0 Å². The number of hydrogen-bond donors (Lipinski definition) is 1. The van der Waals surface area contributed by atoms with Crippen LogP contribution in [0.15, 0.2) is 0 Å². The minimum atomic E-state index is -0.428. The smallest absolute Gasteiger partial charge is 0.160 e. The Morgan fingerprint density at radius 1 is 1.00 bits per heavy atom. The molecule has 1 N–H and O–H groups in total. The first kappa shape index (κ1) is 18.1. The Bertz CT molecular complexity index is 419. The van der Waals surface area contributed by atoms with Gasteiger partial charge in [-0.1, -0.05) is 20.8 Å². The predicted octanol–water partition coefficient (Wildman–Crippen LogP) is 3.03. The first-order chi connectivity index (χ1) is 10.00. The van der Waals surface area contributed by atoms with Gasteiger partial charge < -0.3 is 10.1 Å². The first-order valence-corrected chi connectivity index (χ1v) is 8.23. The highest BCUT2D eigenvalue weighted by molar-refractivity contribution is 5.28. The van der Waals surface area contributed by atoms with Crippen LogP contribution < -0.4 is 5.32 Å². The maximum absolute atomic E-state index is 5.82. The molecule has 0 radical (unpaired) electrons. The molecule has 0 fully saturated rings. The third kappa shape index (κ3) is 4.75. The molecule has 0 saturated heterocycles. The van der Waals surface area contributed by atoms with Crippen LogP contribution in [0.1, 0.15) is 64.3 Å². The van der Waals surface area contributed by atoms with Crippen molar-refractivity contribution in [3.8, 4) is 0 Å². The van der Waals surface area contributed by atoms with Crippen molar-refractivity contribution in [2.24, 2.45) is 0 Å². The highest BCUT2D eigenvalue weighted by Gasteiger charge is 2.26. The third-order valence-electron chi connectivity index (χ3n) is 3.69. The lowest BCUT2D eigenvalue weighted by atomic mass is 10.0. The number of nitrogens with one attached hydrogen (secondary N) is 1. The van der Waals surface area contributed by atoms with Crippen molar-refractivity contribution in [3.63, 3.8) is 0 Å². The summed E-state index contributed by atoms with van der Waals surface area (Å²) in [6.45, 7) is 15.2. The molecule has 0 saturated carbocycles. The molecule has 0 unspecified atom stereocenters. The van der Waals surface area contributed by atoms with E-state index in [1.165, 1.54) is 17.0 Å². The quantitative estimate of drug-likeness (QED) is 0.711. The van der Waals surface area contributed by atoms with E-state index in [0.29, 0.717) is 6.61 Å². The Morgan fingerprint density at radius 2 is 1.57 bits per heavy atom. The molecule has 0 aliphatic rings. The number of likely N-dealkylation sites (N-methyl/N-ethyl adjacent to an activating group) is 1. The fourth-order valence-electron chi connectivity index (χ4n) is 2.54. The van der Waals surface area contributed by atoms with Gasteiger partial charge in [0, 0.05) is 18.0 Å².